The number of rotatable bonds is 11. The first kappa shape index (κ1) is 26.8. The Bertz CT molecular complexity index is 1420. The molecule has 0 bridgehead atoms. The molecule has 7 heteroatoms. The average Bonchev–Trinajstić information content (AvgIpc) is 3.76. The van der Waals surface area contributed by atoms with E-state index in [0.29, 0.717) is 13.1 Å². The van der Waals surface area contributed by atoms with Crippen LogP contribution in [0, 0.1) is 0 Å². The number of nitrogens with two attached hydrogens (primary N) is 1. The van der Waals surface area contributed by atoms with Crippen LogP contribution in [-0.2, 0) is 19.6 Å². The van der Waals surface area contributed by atoms with Gasteiger partial charge >= 0.3 is 0 Å². The third-order valence-corrected chi connectivity index (χ3v) is 8.32. The summed E-state index contributed by atoms with van der Waals surface area (Å²) in [4.78, 5) is 10.1. The van der Waals surface area contributed by atoms with Gasteiger partial charge in [-0.15, -0.1) is 0 Å². The summed E-state index contributed by atoms with van der Waals surface area (Å²) in [6.07, 6.45) is 5.18. The van der Waals surface area contributed by atoms with Crippen molar-refractivity contribution in [1.29, 1.82) is 0 Å². The van der Waals surface area contributed by atoms with E-state index in [-0.39, 0.29) is 0 Å². The van der Waals surface area contributed by atoms with Crippen LogP contribution in [0.3, 0.4) is 0 Å². The SMILES string of the molecule is COc1cc(Cn2c(-c3ccc(OCCN4CCCC4)cc3)nc3cc(CN)ccc32)ccc1CN1CCCC1. The Labute approximate surface area is 237 Å². The maximum absolute atomic E-state index is 6.06. The highest BCUT2D eigenvalue weighted by molar-refractivity contribution is 5.81. The van der Waals surface area contributed by atoms with Crippen molar-refractivity contribution in [3.8, 4) is 22.9 Å². The second-order valence-electron chi connectivity index (χ2n) is 11.1. The Morgan fingerprint density at radius 1 is 0.800 bits per heavy atom. The van der Waals surface area contributed by atoms with E-state index in [4.69, 9.17) is 20.2 Å². The Morgan fingerprint density at radius 3 is 2.25 bits per heavy atom. The summed E-state index contributed by atoms with van der Waals surface area (Å²) in [5.74, 6) is 2.79. The molecule has 0 saturated carbocycles. The molecule has 7 nitrogen and oxygen atoms in total. The molecule has 2 saturated heterocycles. The summed E-state index contributed by atoms with van der Waals surface area (Å²) >= 11 is 0. The third-order valence-electron chi connectivity index (χ3n) is 8.32. The van der Waals surface area contributed by atoms with Crippen molar-refractivity contribution in [2.24, 2.45) is 5.73 Å². The number of hydrogen-bond donors (Lipinski definition) is 1. The van der Waals surface area contributed by atoms with E-state index < -0.39 is 0 Å². The van der Waals surface area contributed by atoms with Crippen molar-refractivity contribution in [1.82, 2.24) is 19.4 Å². The zero-order chi connectivity index (χ0) is 27.3. The molecule has 2 aliphatic rings. The lowest BCUT2D eigenvalue weighted by atomic mass is 10.1. The first-order valence-electron chi connectivity index (χ1n) is 14.7. The maximum Gasteiger partial charge on any atom is 0.141 e. The molecule has 6 rings (SSSR count). The minimum atomic E-state index is 0.497. The first-order chi connectivity index (χ1) is 19.7. The molecular formula is C33H41N5O2. The summed E-state index contributed by atoms with van der Waals surface area (Å²) in [5, 5.41) is 0. The van der Waals surface area contributed by atoms with E-state index in [1.54, 1.807) is 7.11 Å². The van der Waals surface area contributed by atoms with Gasteiger partial charge in [-0.3, -0.25) is 9.80 Å². The van der Waals surface area contributed by atoms with Crippen molar-refractivity contribution in [3.05, 3.63) is 77.4 Å². The molecule has 2 N–H and O–H groups in total. The Balaban J connectivity index is 1.26. The van der Waals surface area contributed by atoms with Crippen LogP contribution in [0.5, 0.6) is 11.5 Å². The summed E-state index contributed by atoms with van der Waals surface area (Å²) in [7, 11) is 1.77. The van der Waals surface area contributed by atoms with Gasteiger partial charge in [-0.1, -0.05) is 18.2 Å². The number of hydrogen-bond acceptors (Lipinski definition) is 6. The lowest BCUT2D eigenvalue weighted by Crippen LogP contribution is -2.25. The molecule has 0 unspecified atom stereocenters. The zero-order valence-electron chi connectivity index (χ0n) is 23.6. The molecule has 210 valence electrons. The molecular weight excluding hydrogens is 498 g/mol. The third kappa shape index (κ3) is 6.02. The molecule has 2 aliphatic heterocycles. The highest BCUT2D eigenvalue weighted by Gasteiger charge is 2.17. The largest absolute Gasteiger partial charge is 0.496 e. The van der Waals surface area contributed by atoms with Crippen LogP contribution in [0.4, 0.5) is 0 Å². The lowest BCUT2D eigenvalue weighted by Gasteiger charge is -2.18. The average molecular weight is 540 g/mol. The van der Waals surface area contributed by atoms with Crippen molar-refractivity contribution >= 4 is 11.0 Å². The summed E-state index contributed by atoms with van der Waals surface area (Å²) in [6, 6.07) is 21.3. The molecule has 3 aromatic carbocycles. The highest BCUT2D eigenvalue weighted by atomic mass is 16.5. The lowest BCUT2D eigenvalue weighted by molar-refractivity contribution is 0.238. The molecule has 0 atom stereocenters. The number of nitrogens with zero attached hydrogens (tertiary/aromatic N) is 4. The van der Waals surface area contributed by atoms with Gasteiger partial charge in [-0.05, 0) is 105 Å². The van der Waals surface area contributed by atoms with Crippen molar-refractivity contribution in [2.45, 2.75) is 45.3 Å². The topological polar surface area (TPSA) is 68.8 Å². The number of likely N-dealkylation sites (tertiary alicyclic amines) is 2. The van der Waals surface area contributed by atoms with Crippen LogP contribution >= 0.6 is 0 Å². The molecule has 0 aliphatic carbocycles. The summed E-state index contributed by atoms with van der Waals surface area (Å²) in [6.45, 7) is 8.56. The fourth-order valence-corrected chi connectivity index (χ4v) is 6.06. The van der Waals surface area contributed by atoms with Crippen LogP contribution in [0.2, 0.25) is 0 Å². The van der Waals surface area contributed by atoms with E-state index in [0.717, 1.165) is 59.2 Å². The van der Waals surface area contributed by atoms with Crippen molar-refractivity contribution < 1.29 is 9.47 Å². The number of ether oxygens (including phenoxy) is 2. The smallest absolute Gasteiger partial charge is 0.141 e. The standard InChI is InChI=1S/C33H41N5O2/c1-39-32-21-26(6-8-28(32)24-37-16-4-5-17-37)23-38-31-13-7-25(22-34)20-30(31)35-33(38)27-9-11-29(12-10-27)40-19-18-36-14-2-3-15-36/h6-13,20-21H,2-5,14-19,22-24,34H2,1H3. The van der Waals surface area contributed by atoms with E-state index in [9.17, 15) is 0 Å². The Hall–Kier alpha value is -3.39. The molecule has 4 aromatic rings. The second-order valence-corrected chi connectivity index (χ2v) is 11.1. The molecule has 40 heavy (non-hydrogen) atoms. The minimum absolute atomic E-state index is 0.497. The quantitative estimate of drug-likeness (QED) is 0.279. The van der Waals surface area contributed by atoms with Gasteiger partial charge in [-0.2, -0.15) is 0 Å². The molecule has 3 heterocycles. The van der Waals surface area contributed by atoms with Gasteiger partial charge in [0.1, 0.15) is 23.9 Å². The van der Waals surface area contributed by atoms with Crippen LogP contribution in [0.25, 0.3) is 22.4 Å². The Morgan fingerprint density at radius 2 is 1.52 bits per heavy atom. The monoisotopic (exact) mass is 539 g/mol. The fourth-order valence-electron chi connectivity index (χ4n) is 6.06. The molecule has 0 radical (unpaired) electrons. The number of aromatic nitrogens is 2. The normalized spacial score (nSPS) is 16.2. The van der Waals surface area contributed by atoms with E-state index >= 15 is 0 Å². The predicted molar refractivity (Wildman–Crippen MR) is 161 cm³/mol. The van der Waals surface area contributed by atoms with E-state index in [2.05, 4.69) is 75.0 Å². The number of fused-ring (bicyclic) bond motifs is 1. The second kappa shape index (κ2) is 12.4. The number of imidazole rings is 1. The predicted octanol–water partition coefficient (Wildman–Crippen LogP) is 5.29. The van der Waals surface area contributed by atoms with Crippen molar-refractivity contribution in [3.63, 3.8) is 0 Å². The van der Waals surface area contributed by atoms with Gasteiger partial charge in [0.25, 0.3) is 0 Å². The van der Waals surface area contributed by atoms with Gasteiger partial charge in [0, 0.05) is 37.3 Å². The van der Waals surface area contributed by atoms with Gasteiger partial charge in [0.05, 0.1) is 18.1 Å². The zero-order valence-corrected chi connectivity index (χ0v) is 23.6. The van der Waals surface area contributed by atoms with Crippen LogP contribution in [-0.4, -0.2) is 65.8 Å². The van der Waals surface area contributed by atoms with E-state index in [1.807, 2.05) is 0 Å². The first-order valence-corrected chi connectivity index (χ1v) is 14.7. The maximum atomic E-state index is 6.06. The van der Waals surface area contributed by atoms with Crippen LogP contribution in [0.15, 0.2) is 60.7 Å². The molecule has 0 amide bonds. The summed E-state index contributed by atoms with van der Waals surface area (Å²) < 4.78 is 14.2. The van der Waals surface area contributed by atoms with E-state index in [1.165, 1.54) is 63.0 Å². The number of benzene rings is 3. The van der Waals surface area contributed by atoms with Gasteiger partial charge in [0.2, 0.25) is 0 Å². The van der Waals surface area contributed by atoms with Crippen molar-refractivity contribution in [2.75, 3.05) is 46.4 Å². The Kier molecular flexibility index (Phi) is 8.32. The molecule has 1 aromatic heterocycles. The molecule has 2 fully saturated rings. The van der Waals surface area contributed by atoms with Gasteiger partial charge in [-0.25, -0.2) is 4.98 Å². The minimum Gasteiger partial charge on any atom is -0.496 e. The highest BCUT2D eigenvalue weighted by Crippen LogP contribution is 2.30. The number of methoxy groups -OCH3 is 1. The fraction of sp³-hybridized carbons (Fsp3) is 0.424. The van der Waals surface area contributed by atoms with Gasteiger partial charge < -0.3 is 19.8 Å². The molecule has 0 spiro atoms. The summed E-state index contributed by atoms with van der Waals surface area (Å²) in [5.41, 5.74) is 12.6. The van der Waals surface area contributed by atoms with Crippen LogP contribution in [0.1, 0.15) is 42.4 Å². The van der Waals surface area contributed by atoms with Crippen LogP contribution < -0.4 is 15.2 Å². The van der Waals surface area contributed by atoms with Gasteiger partial charge in [0.15, 0.2) is 0 Å².